The average Bonchev–Trinajstić information content (AvgIpc) is 2.88. The van der Waals surface area contributed by atoms with Crippen molar-refractivity contribution < 1.29 is 104 Å². The van der Waals surface area contributed by atoms with E-state index in [0.717, 1.165) is 0 Å². The Morgan fingerprint density at radius 2 is 0.872 bits per heavy atom. The van der Waals surface area contributed by atoms with Gasteiger partial charge in [-0.05, 0) is 25.0 Å². The third-order valence-electron chi connectivity index (χ3n) is 5.94. The molecular weight excluding hydrogens is 749 g/mol. The SMILES string of the molecule is O=C(NCCCCCCO[C@@H]1[C@@H](OP(=O)(O)O)[C@H](OP(=O)(O)O)[C@H](OP(=O)(O)O)[C@H](OP(=O)(O)O)[C@H]1OP(=O)(O)O)c1ccccc1. The van der Waals surface area contributed by atoms with E-state index in [1.165, 1.54) is 0 Å². The molecule has 0 unspecified atom stereocenters. The summed E-state index contributed by atoms with van der Waals surface area (Å²) in [5.41, 5.74) is 0.433. The fraction of sp³-hybridized carbons (Fsp3) is 0.632. The Morgan fingerprint density at radius 1 is 0.532 bits per heavy atom. The van der Waals surface area contributed by atoms with Gasteiger partial charge in [0, 0.05) is 18.7 Å². The summed E-state index contributed by atoms with van der Waals surface area (Å²) >= 11 is 0. The van der Waals surface area contributed by atoms with Crippen molar-refractivity contribution in [2.45, 2.75) is 62.3 Å². The van der Waals surface area contributed by atoms with Crippen LogP contribution in [-0.2, 0) is 50.2 Å². The van der Waals surface area contributed by atoms with Crippen LogP contribution in [0.4, 0.5) is 0 Å². The highest BCUT2D eigenvalue weighted by molar-refractivity contribution is 7.47. The first-order valence-corrected chi connectivity index (χ1v) is 20.6. The van der Waals surface area contributed by atoms with Crippen molar-refractivity contribution in [1.82, 2.24) is 5.32 Å². The smallest absolute Gasteiger partial charge is 0.373 e. The number of carbonyl (C=O) groups is 1. The highest BCUT2D eigenvalue weighted by Gasteiger charge is 2.61. The summed E-state index contributed by atoms with van der Waals surface area (Å²) in [5, 5.41) is 2.69. The van der Waals surface area contributed by atoms with Crippen molar-refractivity contribution in [3.63, 3.8) is 0 Å². The van der Waals surface area contributed by atoms with Gasteiger partial charge < -0.3 is 59.0 Å². The minimum atomic E-state index is -5.91. The lowest BCUT2D eigenvalue weighted by atomic mass is 9.85. The maximum atomic E-state index is 12.1. The zero-order valence-electron chi connectivity index (χ0n) is 23.7. The number of rotatable bonds is 19. The van der Waals surface area contributed by atoms with Gasteiger partial charge in [-0.2, -0.15) is 0 Å². The number of carbonyl (C=O) groups excluding carboxylic acids is 1. The number of amides is 1. The second-order valence-electron chi connectivity index (χ2n) is 9.67. The Bertz CT molecular complexity index is 1340. The number of hydrogen-bond donors (Lipinski definition) is 11. The molecule has 6 atom stereocenters. The van der Waals surface area contributed by atoms with Crippen molar-refractivity contribution in [1.29, 1.82) is 0 Å². The van der Waals surface area contributed by atoms with Crippen molar-refractivity contribution in [2.75, 3.05) is 13.2 Å². The lowest BCUT2D eigenvalue weighted by Crippen LogP contribution is -2.66. The highest BCUT2D eigenvalue weighted by Crippen LogP contribution is 2.55. The summed E-state index contributed by atoms with van der Waals surface area (Å²) in [4.78, 5) is 107. The molecule has 1 saturated carbocycles. The topological polar surface area (TPSA) is 372 Å². The number of nitrogens with one attached hydrogen (secondary N) is 1. The molecule has 0 spiro atoms. The van der Waals surface area contributed by atoms with Gasteiger partial charge in [0.1, 0.15) is 36.6 Å². The van der Waals surface area contributed by atoms with Crippen LogP contribution in [0.5, 0.6) is 0 Å². The Morgan fingerprint density at radius 3 is 1.23 bits per heavy atom. The molecule has 1 fully saturated rings. The number of hydrogen-bond acceptors (Lipinski definition) is 12. The van der Waals surface area contributed by atoms with E-state index in [1.807, 2.05) is 0 Å². The first-order chi connectivity index (χ1) is 21.4. The van der Waals surface area contributed by atoms with Gasteiger partial charge in [0.15, 0.2) is 0 Å². The fourth-order valence-corrected chi connectivity index (χ4v) is 7.18. The third-order valence-corrected chi connectivity index (χ3v) is 8.53. The van der Waals surface area contributed by atoms with Crippen LogP contribution in [0.2, 0.25) is 0 Å². The van der Waals surface area contributed by atoms with Gasteiger partial charge in [-0.15, -0.1) is 0 Å². The van der Waals surface area contributed by atoms with Crippen LogP contribution in [0.25, 0.3) is 0 Å². The molecule has 0 radical (unpaired) electrons. The minimum Gasteiger partial charge on any atom is -0.373 e. The van der Waals surface area contributed by atoms with Gasteiger partial charge in [0.05, 0.1) is 0 Å². The molecule has 47 heavy (non-hydrogen) atoms. The Kier molecular flexibility index (Phi) is 15.7. The summed E-state index contributed by atoms with van der Waals surface area (Å²) in [6.07, 6.45) is -15.1. The minimum absolute atomic E-state index is 0.0465. The van der Waals surface area contributed by atoms with E-state index < -0.39 is 82.3 Å². The summed E-state index contributed by atoms with van der Waals surface area (Å²) in [7, 11) is -29.3. The molecule has 1 aromatic carbocycles. The largest absolute Gasteiger partial charge is 0.470 e. The second-order valence-corrected chi connectivity index (χ2v) is 15.6. The molecule has 2 rings (SSSR count). The van der Waals surface area contributed by atoms with Crippen LogP contribution in [-0.4, -0.2) is 105 Å². The molecule has 0 saturated heterocycles. The van der Waals surface area contributed by atoms with E-state index in [1.54, 1.807) is 30.3 Å². The van der Waals surface area contributed by atoms with Gasteiger partial charge >= 0.3 is 39.1 Å². The molecule has 11 N–H and O–H groups in total. The number of benzene rings is 1. The molecule has 1 aliphatic carbocycles. The molecular formula is C19H34NO22P5. The molecule has 1 aliphatic rings. The Labute approximate surface area is 265 Å². The van der Waals surface area contributed by atoms with Crippen LogP contribution in [0.15, 0.2) is 30.3 Å². The molecule has 0 aromatic heterocycles. The van der Waals surface area contributed by atoms with Crippen LogP contribution >= 0.6 is 39.1 Å². The van der Waals surface area contributed by atoms with Crippen LogP contribution in [0.3, 0.4) is 0 Å². The van der Waals surface area contributed by atoms with Crippen molar-refractivity contribution >= 4 is 45.0 Å². The maximum Gasteiger partial charge on any atom is 0.470 e. The maximum absolute atomic E-state index is 12.1. The van der Waals surface area contributed by atoms with Crippen LogP contribution in [0, 0.1) is 0 Å². The number of phosphoric ester groups is 5. The van der Waals surface area contributed by atoms with Gasteiger partial charge in [0.25, 0.3) is 5.91 Å². The molecule has 272 valence electrons. The lowest BCUT2D eigenvalue weighted by molar-refractivity contribution is -0.218. The van der Waals surface area contributed by atoms with Gasteiger partial charge in [-0.25, -0.2) is 22.8 Å². The molecule has 0 heterocycles. The zero-order chi connectivity index (χ0) is 35.8. The number of phosphoric acid groups is 5. The van der Waals surface area contributed by atoms with E-state index in [-0.39, 0.29) is 18.9 Å². The first-order valence-electron chi connectivity index (χ1n) is 13.0. The standard InChI is InChI=1S/C19H34NO22P5/c21-19(12-8-4-3-5-9-12)20-10-6-1-2-7-11-37-13-14(38-43(22,23)24)16(40-45(28,29)30)18(42-47(34,35)36)17(41-46(31,32)33)15(13)39-44(25,26)27/h3-5,8-9,13-18H,1-2,6-7,10-11H2,(H,20,21)(H2,22,23,24)(H2,25,26,27)(H2,28,29,30)(H2,31,32,33)(H2,34,35,36)/t13-,14-,15+,16+,17-,18+. The van der Waals surface area contributed by atoms with Crippen LogP contribution < -0.4 is 5.32 Å². The molecule has 1 amide bonds. The Hall–Kier alpha value is -0.800. The second kappa shape index (κ2) is 17.4. The average molecular weight is 783 g/mol. The van der Waals surface area contributed by atoms with E-state index in [2.05, 4.69) is 27.9 Å². The fourth-order valence-electron chi connectivity index (χ4n) is 4.40. The van der Waals surface area contributed by atoms with E-state index in [0.29, 0.717) is 24.8 Å². The summed E-state index contributed by atoms with van der Waals surface area (Å²) in [6, 6.07) is 8.31. The highest BCUT2D eigenvalue weighted by atomic mass is 31.2. The van der Waals surface area contributed by atoms with E-state index in [9.17, 15) is 76.6 Å². The van der Waals surface area contributed by atoms with Crippen molar-refractivity contribution in [2.24, 2.45) is 0 Å². The predicted molar refractivity (Wildman–Crippen MR) is 152 cm³/mol. The molecule has 23 nitrogen and oxygen atoms in total. The first kappa shape index (κ1) is 42.4. The molecule has 28 heteroatoms. The normalized spacial score (nSPS) is 24.6. The quantitative estimate of drug-likeness (QED) is 0.0637. The summed E-state index contributed by atoms with van der Waals surface area (Å²) in [5.74, 6) is -0.321. The lowest BCUT2D eigenvalue weighted by Gasteiger charge is -2.48. The molecule has 1 aromatic rings. The van der Waals surface area contributed by atoms with E-state index in [4.69, 9.17) is 4.74 Å². The number of unbranched alkanes of at least 4 members (excludes halogenated alkanes) is 3. The third kappa shape index (κ3) is 16.6. The van der Waals surface area contributed by atoms with E-state index >= 15 is 0 Å². The monoisotopic (exact) mass is 783 g/mol. The van der Waals surface area contributed by atoms with Crippen LogP contribution in [0.1, 0.15) is 36.0 Å². The molecule has 0 aliphatic heterocycles. The zero-order valence-corrected chi connectivity index (χ0v) is 28.2. The predicted octanol–water partition coefficient (Wildman–Crippen LogP) is -0.235. The van der Waals surface area contributed by atoms with Gasteiger partial charge in [-0.3, -0.25) is 27.4 Å². The van der Waals surface area contributed by atoms with Gasteiger partial charge in [-0.1, -0.05) is 31.0 Å². The molecule has 0 bridgehead atoms. The van der Waals surface area contributed by atoms with Crippen molar-refractivity contribution in [3.05, 3.63) is 35.9 Å². The summed E-state index contributed by atoms with van der Waals surface area (Å²) < 4.78 is 86.7. The summed E-state index contributed by atoms with van der Waals surface area (Å²) in [6.45, 7) is -0.254. The Balaban J connectivity index is 2.36. The van der Waals surface area contributed by atoms with Gasteiger partial charge in [0.2, 0.25) is 0 Å². The van der Waals surface area contributed by atoms with Crippen molar-refractivity contribution in [3.8, 4) is 0 Å². The number of ether oxygens (including phenoxy) is 1.